The number of amides is 1. The van der Waals surface area contributed by atoms with Crippen molar-refractivity contribution in [2.24, 2.45) is 7.05 Å². The molecular weight excluding hydrogens is 306 g/mol. The first kappa shape index (κ1) is 16.4. The summed E-state index contributed by atoms with van der Waals surface area (Å²) >= 11 is 0. The van der Waals surface area contributed by atoms with Crippen LogP contribution in [0.1, 0.15) is 27.2 Å². The molecule has 0 saturated carbocycles. The van der Waals surface area contributed by atoms with Gasteiger partial charge in [0.1, 0.15) is 5.60 Å². The van der Waals surface area contributed by atoms with E-state index in [4.69, 9.17) is 10.5 Å². The van der Waals surface area contributed by atoms with Crippen LogP contribution in [-0.2, 0) is 11.8 Å². The van der Waals surface area contributed by atoms with Gasteiger partial charge in [0.15, 0.2) is 5.82 Å². The molecule has 1 aliphatic rings. The van der Waals surface area contributed by atoms with Crippen LogP contribution in [0.25, 0.3) is 10.9 Å². The SMILES string of the molecule is Cn1nc(N)c2ccc(N3CC[C@@H](NC(=O)OC(C)(C)C)C3)cc21. The fraction of sp³-hybridized carbons (Fsp3) is 0.529. The van der Waals surface area contributed by atoms with E-state index in [0.717, 1.165) is 36.1 Å². The average Bonchev–Trinajstić information content (AvgIpc) is 3.02. The zero-order valence-electron chi connectivity index (χ0n) is 14.7. The van der Waals surface area contributed by atoms with Gasteiger partial charge in [0.05, 0.1) is 11.6 Å². The summed E-state index contributed by atoms with van der Waals surface area (Å²) in [5.74, 6) is 0.546. The van der Waals surface area contributed by atoms with Crippen molar-refractivity contribution in [3.63, 3.8) is 0 Å². The maximum atomic E-state index is 11.9. The Labute approximate surface area is 141 Å². The van der Waals surface area contributed by atoms with Crippen LogP contribution in [0.15, 0.2) is 18.2 Å². The molecule has 1 atom stereocenters. The van der Waals surface area contributed by atoms with Crippen LogP contribution in [0.3, 0.4) is 0 Å². The number of aromatic nitrogens is 2. The number of ether oxygens (including phenoxy) is 1. The van der Waals surface area contributed by atoms with E-state index in [1.807, 2.05) is 33.9 Å². The molecule has 1 amide bonds. The van der Waals surface area contributed by atoms with Gasteiger partial charge in [-0.1, -0.05) is 0 Å². The van der Waals surface area contributed by atoms with Crippen LogP contribution in [0, 0.1) is 0 Å². The van der Waals surface area contributed by atoms with E-state index in [1.54, 1.807) is 4.68 Å². The number of anilines is 2. The van der Waals surface area contributed by atoms with Crippen molar-refractivity contribution in [2.75, 3.05) is 23.7 Å². The predicted octanol–water partition coefficient (Wildman–Crippen LogP) is 2.26. The Morgan fingerprint density at radius 3 is 2.88 bits per heavy atom. The third-order valence-corrected chi connectivity index (χ3v) is 4.14. The fourth-order valence-electron chi connectivity index (χ4n) is 3.06. The highest BCUT2D eigenvalue weighted by molar-refractivity contribution is 5.91. The maximum Gasteiger partial charge on any atom is 0.407 e. The second kappa shape index (κ2) is 5.89. The number of hydrogen-bond donors (Lipinski definition) is 2. The number of carbonyl (C=O) groups is 1. The number of alkyl carbamates (subject to hydrolysis) is 1. The van der Waals surface area contributed by atoms with E-state index in [1.165, 1.54) is 0 Å². The minimum atomic E-state index is -0.479. The molecule has 0 aliphatic carbocycles. The van der Waals surface area contributed by atoms with Crippen molar-refractivity contribution in [3.8, 4) is 0 Å². The summed E-state index contributed by atoms with van der Waals surface area (Å²) in [5.41, 5.74) is 7.54. The van der Waals surface area contributed by atoms with Gasteiger partial charge in [-0.2, -0.15) is 5.10 Å². The number of benzene rings is 1. The summed E-state index contributed by atoms with van der Waals surface area (Å²) < 4.78 is 7.12. The van der Waals surface area contributed by atoms with Crippen LogP contribution in [0.5, 0.6) is 0 Å². The molecule has 130 valence electrons. The summed E-state index contributed by atoms with van der Waals surface area (Å²) in [4.78, 5) is 14.2. The van der Waals surface area contributed by atoms with Gasteiger partial charge in [0, 0.05) is 31.2 Å². The first-order chi connectivity index (χ1) is 11.2. The number of carbonyl (C=O) groups excluding carboxylic acids is 1. The number of hydrogen-bond acceptors (Lipinski definition) is 5. The molecule has 0 unspecified atom stereocenters. The van der Waals surface area contributed by atoms with Gasteiger partial charge in [-0.05, 0) is 45.4 Å². The molecule has 7 heteroatoms. The molecule has 3 N–H and O–H groups in total. The Morgan fingerprint density at radius 1 is 1.42 bits per heavy atom. The van der Waals surface area contributed by atoms with Gasteiger partial charge in [0.2, 0.25) is 0 Å². The standard InChI is InChI=1S/C17H25N5O2/c1-17(2,3)24-16(23)19-11-7-8-22(10-11)12-5-6-13-14(9-12)21(4)20-15(13)18/h5-6,9,11H,7-8,10H2,1-4H3,(H2,18,20)(H,19,23)/t11-/m1/s1. The molecule has 3 rings (SSSR count). The Bertz CT molecular complexity index is 762. The van der Waals surface area contributed by atoms with E-state index < -0.39 is 5.60 Å². The van der Waals surface area contributed by atoms with Crippen molar-refractivity contribution in [3.05, 3.63) is 18.2 Å². The molecular formula is C17H25N5O2. The van der Waals surface area contributed by atoms with Crippen molar-refractivity contribution in [2.45, 2.75) is 38.8 Å². The van der Waals surface area contributed by atoms with E-state index in [9.17, 15) is 4.79 Å². The zero-order valence-corrected chi connectivity index (χ0v) is 14.7. The maximum absolute atomic E-state index is 11.9. The highest BCUT2D eigenvalue weighted by Crippen LogP contribution is 2.27. The molecule has 0 radical (unpaired) electrons. The van der Waals surface area contributed by atoms with Crippen molar-refractivity contribution in [1.29, 1.82) is 0 Å². The Balaban J connectivity index is 1.67. The topological polar surface area (TPSA) is 85.4 Å². The monoisotopic (exact) mass is 331 g/mol. The molecule has 1 fully saturated rings. The molecule has 2 aromatic rings. The van der Waals surface area contributed by atoms with E-state index >= 15 is 0 Å². The van der Waals surface area contributed by atoms with Crippen LogP contribution in [0.4, 0.5) is 16.3 Å². The zero-order chi connectivity index (χ0) is 17.5. The lowest BCUT2D eigenvalue weighted by atomic mass is 10.2. The molecule has 1 saturated heterocycles. The van der Waals surface area contributed by atoms with Gasteiger partial charge in [-0.15, -0.1) is 0 Å². The predicted molar refractivity (Wildman–Crippen MR) is 95.1 cm³/mol. The fourth-order valence-corrected chi connectivity index (χ4v) is 3.06. The molecule has 7 nitrogen and oxygen atoms in total. The highest BCUT2D eigenvalue weighted by atomic mass is 16.6. The molecule has 1 aromatic heterocycles. The van der Waals surface area contributed by atoms with Crippen molar-refractivity contribution in [1.82, 2.24) is 15.1 Å². The summed E-state index contributed by atoms with van der Waals surface area (Å²) in [7, 11) is 1.89. The first-order valence-corrected chi connectivity index (χ1v) is 8.19. The number of aryl methyl sites for hydroxylation is 1. The molecule has 1 aliphatic heterocycles. The Morgan fingerprint density at radius 2 is 2.17 bits per heavy atom. The van der Waals surface area contributed by atoms with E-state index in [2.05, 4.69) is 27.4 Å². The lowest BCUT2D eigenvalue weighted by molar-refractivity contribution is 0.0509. The quantitative estimate of drug-likeness (QED) is 0.881. The Hall–Kier alpha value is -2.44. The van der Waals surface area contributed by atoms with Crippen LogP contribution >= 0.6 is 0 Å². The smallest absolute Gasteiger partial charge is 0.407 e. The third-order valence-electron chi connectivity index (χ3n) is 4.14. The minimum absolute atomic E-state index is 0.0900. The summed E-state index contributed by atoms with van der Waals surface area (Å²) in [6.07, 6.45) is 0.536. The first-order valence-electron chi connectivity index (χ1n) is 8.19. The van der Waals surface area contributed by atoms with Gasteiger partial charge in [-0.3, -0.25) is 4.68 Å². The van der Waals surface area contributed by atoms with Gasteiger partial charge < -0.3 is 20.7 Å². The highest BCUT2D eigenvalue weighted by Gasteiger charge is 2.26. The number of nitrogen functional groups attached to an aromatic ring is 1. The molecule has 0 bridgehead atoms. The van der Waals surface area contributed by atoms with Gasteiger partial charge in [-0.25, -0.2) is 4.79 Å². The molecule has 2 heterocycles. The normalized spacial score (nSPS) is 18.2. The number of fused-ring (bicyclic) bond motifs is 1. The number of nitrogens with two attached hydrogens (primary N) is 1. The molecule has 24 heavy (non-hydrogen) atoms. The largest absolute Gasteiger partial charge is 0.444 e. The summed E-state index contributed by atoms with van der Waals surface area (Å²) in [6.45, 7) is 7.24. The lowest BCUT2D eigenvalue weighted by Gasteiger charge is -2.22. The second-order valence-electron chi connectivity index (χ2n) is 7.29. The third kappa shape index (κ3) is 3.39. The number of rotatable bonds is 2. The Kier molecular flexibility index (Phi) is 4.03. The van der Waals surface area contributed by atoms with E-state index in [0.29, 0.717) is 5.82 Å². The van der Waals surface area contributed by atoms with Crippen molar-refractivity contribution >= 4 is 28.5 Å². The van der Waals surface area contributed by atoms with Gasteiger partial charge in [0.25, 0.3) is 0 Å². The van der Waals surface area contributed by atoms with E-state index in [-0.39, 0.29) is 12.1 Å². The van der Waals surface area contributed by atoms with Crippen molar-refractivity contribution < 1.29 is 9.53 Å². The van der Waals surface area contributed by atoms with Crippen LogP contribution < -0.4 is 16.0 Å². The molecule has 0 spiro atoms. The molecule has 1 aromatic carbocycles. The lowest BCUT2D eigenvalue weighted by Crippen LogP contribution is -2.40. The second-order valence-corrected chi connectivity index (χ2v) is 7.29. The van der Waals surface area contributed by atoms with Crippen LogP contribution in [-0.4, -0.2) is 40.6 Å². The number of nitrogens with zero attached hydrogens (tertiary/aromatic N) is 3. The summed E-state index contributed by atoms with van der Waals surface area (Å²) in [6, 6.07) is 6.24. The van der Waals surface area contributed by atoms with Crippen LogP contribution in [0.2, 0.25) is 0 Å². The van der Waals surface area contributed by atoms with Gasteiger partial charge >= 0.3 is 6.09 Å². The average molecular weight is 331 g/mol. The minimum Gasteiger partial charge on any atom is -0.444 e. The summed E-state index contributed by atoms with van der Waals surface area (Å²) in [5, 5.41) is 8.16. The number of nitrogens with one attached hydrogen (secondary N) is 1.